The third kappa shape index (κ3) is 2.93. The monoisotopic (exact) mass is 290 g/mol. The van der Waals surface area contributed by atoms with E-state index in [1.54, 1.807) is 12.4 Å². The van der Waals surface area contributed by atoms with Gasteiger partial charge in [0.1, 0.15) is 0 Å². The summed E-state index contributed by atoms with van der Waals surface area (Å²) in [6.45, 7) is 2.08. The molecule has 0 aliphatic heterocycles. The van der Waals surface area contributed by atoms with Gasteiger partial charge >= 0.3 is 0 Å². The van der Waals surface area contributed by atoms with Crippen molar-refractivity contribution < 1.29 is 0 Å². The number of aromatic nitrogens is 1. The third-order valence-electron chi connectivity index (χ3n) is 2.83. The lowest BCUT2D eigenvalue weighted by Crippen LogP contribution is -2.14. The van der Waals surface area contributed by atoms with Crippen LogP contribution >= 0.6 is 15.9 Å². The van der Waals surface area contributed by atoms with Crippen LogP contribution < -0.4 is 5.73 Å². The second-order valence-corrected chi connectivity index (χ2v) is 4.94. The van der Waals surface area contributed by atoms with Gasteiger partial charge in [-0.1, -0.05) is 34.1 Å². The first kappa shape index (κ1) is 12.3. The maximum atomic E-state index is 6.25. The van der Waals surface area contributed by atoms with Crippen LogP contribution in [0.25, 0.3) is 0 Å². The van der Waals surface area contributed by atoms with Gasteiger partial charge in [-0.15, -0.1) is 0 Å². The molecular weight excluding hydrogens is 276 g/mol. The summed E-state index contributed by atoms with van der Waals surface area (Å²) in [6.07, 6.45) is 4.42. The average Bonchev–Trinajstić information content (AvgIpc) is 2.34. The molecular formula is C14H15BrN2. The van der Waals surface area contributed by atoms with Crippen molar-refractivity contribution in [3.63, 3.8) is 0 Å². The number of nitrogens with zero attached hydrogens (tertiary/aromatic N) is 1. The maximum Gasteiger partial charge on any atom is 0.0347 e. The van der Waals surface area contributed by atoms with Gasteiger partial charge in [-0.2, -0.15) is 0 Å². The standard InChI is InChI=1S/C14H15BrN2/c1-10-3-2-4-12(14(10)15)13(16)9-11-5-7-17-8-6-11/h2-8,13H,9,16H2,1H3. The lowest BCUT2D eigenvalue weighted by molar-refractivity contribution is 0.716. The highest BCUT2D eigenvalue weighted by Gasteiger charge is 2.11. The molecule has 0 radical (unpaired) electrons. The second kappa shape index (κ2) is 5.43. The molecule has 3 heteroatoms. The van der Waals surface area contributed by atoms with E-state index in [9.17, 15) is 0 Å². The van der Waals surface area contributed by atoms with E-state index in [-0.39, 0.29) is 6.04 Å². The van der Waals surface area contributed by atoms with Crippen LogP contribution in [0.4, 0.5) is 0 Å². The lowest BCUT2D eigenvalue weighted by Gasteiger charge is -2.15. The Morgan fingerprint density at radius 3 is 2.65 bits per heavy atom. The molecule has 0 aliphatic rings. The van der Waals surface area contributed by atoms with Crippen molar-refractivity contribution in [1.29, 1.82) is 0 Å². The molecule has 17 heavy (non-hydrogen) atoms. The first-order valence-corrected chi connectivity index (χ1v) is 6.37. The molecule has 0 spiro atoms. The number of pyridine rings is 1. The predicted octanol–water partition coefficient (Wildman–Crippen LogP) is 3.40. The van der Waals surface area contributed by atoms with Gasteiger partial charge in [0.2, 0.25) is 0 Å². The van der Waals surface area contributed by atoms with Crippen molar-refractivity contribution in [2.45, 2.75) is 19.4 Å². The van der Waals surface area contributed by atoms with Gasteiger partial charge < -0.3 is 5.73 Å². The first-order chi connectivity index (χ1) is 8.18. The van der Waals surface area contributed by atoms with Gasteiger partial charge in [-0.05, 0) is 42.2 Å². The summed E-state index contributed by atoms with van der Waals surface area (Å²) < 4.78 is 1.11. The van der Waals surface area contributed by atoms with Crippen molar-refractivity contribution in [3.8, 4) is 0 Å². The fraction of sp³-hybridized carbons (Fsp3) is 0.214. The molecule has 1 atom stereocenters. The quantitative estimate of drug-likeness (QED) is 0.941. The molecule has 1 unspecified atom stereocenters. The SMILES string of the molecule is Cc1cccc(C(N)Cc2ccncc2)c1Br. The molecule has 0 fully saturated rings. The summed E-state index contributed by atoms with van der Waals surface area (Å²) in [7, 11) is 0. The Bertz CT molecular complexity index is 497. The Labute approximate surface area is 110 Å². The Kier molecular flexibility index (Phi) is 3.92. The van der Waals surface area contributed by atoms with Crippen molar-refractivity contribution in [1.82, 2.24) is 4.98 Å². The van der Waals surface area contributed by atoms with Crippen LogP contribution in [0.15, 0.2) is 47.2 Å². The summed E-state index contributed by atoms with van der Waals surface area (Å²) in [5.74, 6) is 0. The molecule has 2 aromatic rings. The molecule has 0 saturated carbocycles. The van der Waals surface area contributed by atoms with Crippen molar-refractivity contribution in [2.75, 3.05) is 0 Å². The number of aryl methyl sites for hydroxylation is 1. The molecule has 88 valence electrons. The van der Waals surface area contributed by atoms with Gasteiger partial charge in [0.15, 0.2) is 0 Å². The number of halogens is 1. The second-order valence-electron chi connectivity index (χ2n) is 4.14. The average molecular weight is 291 g/mol. The molecule has 0 amide bonds. The highest BCUT2D eigenvalue weighted by Crippen LogP contribution is 2.27. The van der Waals surface area contributed by atoms with E-state index in [2.05, 4.69) is 40.0 Å². The minimum Gasteiger partial charge on any atom is -0.324 e. The van der Waals surface area contributed by atoms with E-state index < -0.39 is 0 Å². The van der Waals surface area contributed by atoms with E-state index in [1.165, 1.54) is 11.1 Å². The lowest BCUT2D eigenvalue weighted by atomic mass is 9.99. The smallest absolute Gasteiger partial charge is 0.0347 e. The van der Waals surface area contributed by atoms with Crippen LogP contribution in [-0.2, 0) is 6.42 Å². The topological polar surface area (TPSA) is 38.9 Å². The third-order valence-corrected chi connectivity index (χ3v) is 3.91. The van der Waals surface area contributed by atoms with Crippen molar-refractivity contribution in [2.24, 2.45) is 5.73 Å². The van der Waals surface area contributed by atoms with Gasteiger partial charge in [-0.3, -0.25) is 4.98 Å². The molecule has 2 rings (SSSR count). The van der Waals surface area contributed by atoms with Crippen LogP contribution in [0.5, 0.6) is 0 Å². The minimum absolute atomic E-state index is 0.00618. The molecule has 1 aromatic carbocycles. The molecule has 0 aliphatic carbocycles. The van der Waals surface area contributed by atoms with E-state index >= 15 is 0 Å². The van der Waals surface area contributed by atoms with Crippen LogP contribution in [-0.4, -0.2) is 4.98 Å². The maximum absolute atomic E-state index is 6.25. The van der Waals surface area contributed by atoms with Crippen molar-refractivity contribution in [3.05, 3.63) is 63.9 Å². The Morgan fingerprint density at radius 1 is 1.24 bits per heavy atom. The summed E-state index contributed by atoms with van der Waals surface area (Å²) in [6, 6.07) is 10.2. The molecule has 1 heterocycles. The number of hydrogen-bond donors (Lipinski definition) is 1. The largest absolute Gasteiger partial charge is 0.324 e. The Hall–Kier alpha value is -1.19. The van der Waals surface area contributed by atoms with Crippen molar-refractivity contribution >= 4 is 15.9 Å². The summed E-state index contributed by atoms with van der Waals surface area (Å²) >= 11 is 3.60. The van der Waals surface area contributed by atoms with Gasteiger partial charge in [0.25, 0.3) is 0 Å². The van der Waals surface area contributed by atoms with Crippen LogP contribution in [0.1, 0.15) is 22.7 Å². The summed E-state index contributed by atoms with van der Waals surface area (Å²) in [4.78, 5) is 4.01. The number of benzene rings is 1. The zero-order chi connectivity index (χ0) is 12.3. The fourth-order valence-electron chi connectivity index (χ4n) is 1.84. The van der Waals surface area contributed by atoms with Crippen LogP contribution in [0.3, 0.4) is 0 Å². The van der Waals surface area contributed by atoms with Gasteiger partial charge in [0.05, 0.1) is 0 Å². The van der Waals surface area contributed by atoms with Crippen LogP contribution in [0, 0.1) is 6.92 Å². The normalized spacial score (nSPS) is 12.4. The zero-order valence-electron chi connectivity index (χ0n) is 9.73. The van der Waals surface area contributed by atoms with Crippen LogP contribution in [0.2, 0.25) is 0 Å². The first-order valence-electron chi connectivity index (χ1n) is 5.58. The molecule has 2 N–H and O–H groups in total. The molecule has 2 nitrogen and oxygen atoms in total. The van der Waals surface area contributed by atoms with E-state index in [0.29, 0.717) is 0 Å². The summed E-state index contributed by atoms with van der Waals surface area (Å²) in [5.41, 5.74) is 9.83. The molecule has 1 aromatic heterocycles. The number of hydrogen-bond acceptors (Lipinski definition) is 2. The fourth-order valence-corrected chi connectivity index (χ4v) is 2.40. The number of rotatable bonds is 3. The predicted molar refractivity (Wildman–Crippen MR) is 73.7 cm³/mol. The van der Waals surface area contributed by atoms with E-state index in [0.717, 1.165) is 16.5 Å². The Morgan fingerprint density at radius 2 is 1.94 bits per heavy atom. The van der Waals surface area contributed by atoms with Gasteiger partial charge in [0, 0.05) is 22.9 Å². The Balaban J connectivity index is 2.20. The highest BCUT2D eigenvalue weighted by atomic mass is 79.9. The van der Waals surface area contributed by atoms with E-state index in [4.69, 9.17) is 5.73 Å². The minimum atomic E-state index is 0.00618. The highest BCUT2D eigenvalue weighted by molar-refractivity contribution is 9.10. The summed E-state index contributed by atoms with van der Waals surface area (Å²) in [5, 5.41) is 0. The molecule has 0 bridgehead atoms. The number of nitrogens with two attached hydrogens (primary N) is 1. The van der Waals surface area contributed by atoms with E-state index in [1.807, 2.05) is 18.2 Å². The zero-order valence-corrected chi connectivity index (χ0v) is 11.3. The molecule has 0 saturated heterocycles. The van der Waals surface area contributed by atoms with Gasteiger partial charge in [-0.25, -0.2) is 0 Å².